The summed E-state index contributed by atoms with van der Waals surface area (Å²) in [4.78, 5) is 17.1. The van der Waals surface area contributed by atoms with E-state index in [2.05, 4.69) is 4.90 Å². The van der Waals surface area contributed by atoms with Gasteiger partial charge in [-0.05, 0) is 54.8 Å². The van der Waals surface area contributed by atoms with Crippen molar-refractivity contribution < 1.29 is 35.9 Å². The number of hydrogen-bond donors (Lipinski definition) is 0. The number of benzene rings is 2. The van der Waals surface area contributed by atoms with Gasteiger partial charge in [0.1, 0.15) is 5.75 Å². The fourth-order valence-electron chi connectivity index (χ4n) is 4.86. The zero-order chi connectivity index (χ0) is 25.1. The molecule has 0 radical (unpaired) electrons. The number of ether oxygens (including phenoxy) is 2. The van der Waals surface area contributed by atoms with Gasteiger partial charge in [0.2, 0.25) is 0 Å². The van der Waals surface area contributed by atoms with Gasteiger partial charge in [0.15, 0.2) is 15.9 Å². The molecule has 2 saturated heterocycles. The van der Waals surface area contributed by atoms with Crippen LogP contribution in [0.2, 0.25) is 0 Å². The zero-order valence-electron chi connectivity index (χ0n) is 19.2. The number of amides is 1. The third-order valence-electron chi connectivity index (χ3n) is 6.81. The van der Waals surface area contributed by atoms with Gasteiger partial charge in [-0.2, -0.15) is 13.2 Å². The van der Waals surface area contributed by atoms with Crippen LogP contribution in [-0.2, 0) is 27.7 Å². The van der Waals surface area contributed by atoms with Gasteiger partial charge >= 0.3 is 6.18 Å². The first kappa shape index (κ1) is 23.9. The highest BCUT2D eigenvalue weighted by atomic mass is 32.2. The molecule has 0 spiro atoms. The normalized spacial score (nSPS) is 22.4. The number of nitrogens with zero attached hydrogens (tertiary/aromatic N) is 2. The third-order valence-corrected chi connectivity index (χ3v) is 7.92. The van der Waals surface area contributed by atoms with E-state index < -0.39 is 28.0 Å². The van der Waals surface area contributed by atoms with Crippen LogP contribution in [0.4, 0.5) is 18.9 Å². The van der Waals surface area contributed by atoms with Crippen molar-refractivity contribution in [3.63, 3.8) is 0 Å². The second-order valence-corrected chi connectivity index (χ2v) is 11.4. The first-order valence-electron chi connectivity index (χ1n) is 11.3. The molecular weight excluding hydrogens is 485 g/mol. The number of anilines is 1. The fourth-order valence-corrected chi connectivity index (χ4v) is 5.50. The summed E-state index contributed by atoms with van der Waals surface area (Å²) in [7, 11) is -3.69. The number of carbonyl (C=O) groups is 1. The molecule has 3 heterocycles. The highest BCUT2D eigenvalue weighted by Crippen LogP contribution is 2.36. The molecule has 35 heavy (non-hydrogen) atoms. The molecule has 5 rings (SSSR count). The molecular formula is C24H25F3N2O5S. The Morgan fingerprint density at radius 1 is 1.14 bits per heavy atom. The van der Waals surface area contributed by atoms with Crippen molar-refractivity contribution in [1.29, 1.82) is 0 Å². The van der Waals surface area contributed by atoms with Crippen molar-refractivity contribution in [1.82, 2.24) is 4.90 Å². The molecule has 7 nitrogen and oxygen atoms in total. The van der Waals surface area contributed by atoms with E-state index in [1.165, 1.54) is 4.90 Å². The topological polar surface area (TPSA) is 76.2 Å². The van der Waals surface area contributed by atoms with Gasteiger partial charge in [-0.1, -0.05) is 6.07 Å². The highest BCUT2D eigenvalue weighted by Gasteiger charge is 2.40. The summed E-state index contributed by atoms with van der Waals surface area (Å²) in [6, 6.07) is 9.69. The SMILES string of the molecule is C[C@H](Oc1ccc(S(C)(=O)=O)cc1C(=O)N1Cc2ccc(N3C[C@H]4C[C@H]3CO4)cc2C1)C(F)(F)F. The van der Waals surface area contributed by atoms with Crippen LogP contribution >= 0.6 is 0 Å². The number of hydrogen-bond acceptors (Lipinski definition) is 6. The standard InChI is InChI=1S/C24H25F3N2O5S/c1-14(24(25,26)27)34-22-6-5-20(35(2,31)32)9-21(22)23(30)28-10-15-3-4-17(7-16(15)11-28)29-12-19-8-18(29)13-33-19/h3-7,9,14,18-19H,8,10-13H2,1-2H3/t14-,18-,19+/m0/s1. The third kappa shape index (κ3) is 4.58. The Morgan fingerprint density at radius 3 is 2.51 bits per heavy atom. The van der Waals surface area contributed by atoms with E-state index >= 15 is 0 Å². The summed E-state index contributed by atoms with van der Waals surface area (Å²) in [6.45, 7) is 2.88. The average molecular weight is 511 g/mol. The Morgan fingerprint density at radius 2 is 1.89 bits per heavy atom. The van der Waals surface area contributed by atoms with Gasteiger partial charge in [-0.3, -0.25) is 4.79 Å². The van der Waals surface area contributed by atoms with Gasteiger partial charge < -0.3 is 19.3 Å². The van der Waals surface area contributed by atoms with Crippen molar-refractivity contribution >= 4 is 21.4 Å². The Balaban J connectivity index is 1.41. The van der Waals surface area contributed by atoms with Gasteiger partial charge in [-0.25, -0.2) is 8.42 Å². The van der Waals surface area contributed by atoms with Gasteiger partial charge in [0.25, 0.3) is 5.91 Å². The summed E-state index contributed by atoms with van der Waals surface area (Å²) in [5.41, 5.74) is 2.72. The number of morpholine rings is 1. The van der Waals surface area contributed by atoms with Crippen molar-refractivity contribution in [3.8, 4) is 5.75 Å². The summed E-state index contributed by atoms with van der Waals surface area (Å²) in [5.74, 6) is -0.900. The van der Waals surface area contributed by atoms with Crippen molar-refractivity contribution in [2.45, 2.75) is 55.8 Å². The Labute approximate surface area is 201 Å². The number of rotatable bonds is 5. The molecule has 2 fully saturated rings. The first-order chi connectivity index (χ1) is 16.4. The number of fused-ring (bicyclic) bond motifs is 3. The van der Waals surface area contributed by atoms with Crippen LogP contribution in [0.5, 0.6) is 5.75 Å². The van der Waals surface area contributed by atoms with E-state index in [1.54, 1.807) is 0 Å². The van der Waals surface area contributed by atoms with Crippen molar-refractivity contribution in [3.05, 3.63) is 53.1 Å². The maximum absolute atomic E-state index is 13.4. The second kappa shape index (κ2) is 8.41. The Bertz CT molecular complexity index is 1280. The highest BCUT2D eigenvalue weighted by molar-refractivity contribution is 7.90. The molecule has 11 heteroatoms. The molecule has 3 atom stereocenters. The van der Waals surface area contributed by atoms with Crippen LogP contribution in [0, 0.1) is 0 Å². The average Bonchev–Trinajstić information content (AvgIpc) is 3.52. The number of sulfone groups is 1. The van der Waals surface area contributed by atoms with Crippen LogP contribution in [0.25, 0.3) is 0 Å². The molecule has 0 saturated carbocycles. The number of alkyl halides is 3. The van der Waals surface area contributed by atoms with Gasteiger partial charge in [-0.15, -0.1) is 0 Å². The van der Waals surface area contributed by atoms with Crippen LogP contribution in [0.15, 0.2) is 41.3 Å². The molecule has 0 unspecified atom stereocenters. The maximum Gasteiger partial charge on any atom is 0.425 e. The zero-order valence-corrected chi connectivity index (χ0v) is 20.0. The summed E-state index contributed by atoms with van der Waals surface area (Å²) >= 11 is 0. The molecule has 2 aromatic rings. The fraction of sp³-hybridized carbons (Fsp3) is 0.458. The first-order valence-corrected chi connectivity index (χ1v) is 13.2. The van der Waals surface area contributed by atoms with Gasteiger partial charge in [0.05, 0.1) is 29.2 Å². The minimum absolute atomic E-state index is 0.168. The van der Waals surface area contributed by atoms with Crippen molar-refractivity contribution in [2.75, 3.05) is 24.3 Å². The van der Waals surface area contributed by atoms with E-state index in [-0.39, 0.29) is 35.4 Å². The summed E-state index contributed by atoms with van der Waals surface area (Å²) in [6.07, 6.45) is -4.60. The Kier molecular flexibility index (Phi) is 5.75. The number of halogens is 3. The van der Waals surface area contributed by atoms with E-state index in [0.29, 0.717) is 12.6 Å². The van der Waals surface area contributed by atoms with Crippen LogP contribution in [0.1, 0.15) is 34.8 Å². The van der Waals surface area contributed by atoms with Gasteiger partial charge in [0, 0.05) is 31.6 Å². The lowest BCUT2D eigenvalue weighted by Gasteiger charge is -2.29. The van der Waals surface area contributed by atoms with Crippen LogP contribution in [-0.4, -0.2) is 63.1 Å². The van der Waals surface area contributed by atoms with Crippen LogP contribution < -0.4 is 9.64 Å². The molecule has 188 valence electrons. The van der Waals surface area contributed by atoms with Crippen molar-refractivity contribution in [2.24, 2.45) is 0 Å². The minimum Gasteiger partial charge on any atom is -0.480 e. The monoisotopic (exact) mass is 510 g/mol. The molecule has 0 aromatic heterocycles. The predicted molar refractivity (Wildman–Crippen MR) is 121 cm³/mol. The quantitative estimate of drug-likeness (QED) is 0.613. The molecule has 1 amide bonds. The molecule has 0 N–H and O–H groups in total. The lowest BCUT2D eigenvalue weighted by Crippen LogP contribution is -2.36. The van der Waals surface area contributed by atoms with E-state index in [9.17, 15) is 26.4 Å². The molecule has 0 aliphatic carbocycles. The smallest absolute Gasteiger partial charge is 0.425 e. The largest absolute Gasteiger partial charge is 0.480 e. The lowest BCUT2D eigenvalue weighted by atomic mass is 10.1. The minimum atomic E-state index is -4.64. The summed E-state index contributed by atoms with van der Waals surface area (Å²) < 4.78 is 74.2. The second-order valence-electron chi connectivity index (χ2n) is 9.34. The predicted octanol–water partition coefficient (Wildman–Crippen LogP) is 3.55. The van der Waals surface area contributed by atoms with Crippen LogP contribution in [0.3, 0.4) is 0 Å². The molecule has 2 aromatic carbocycles. The molecule has 3 aliphatic rings. The van der Waals surface area contributed by atoms with E-state index in [4.69, 9.17) is 9.47 Å². The maximum atomic E-state index is 13.4. The summed E-state index contributed by atoms with van der Waals surface area (Å²) in [5, 5.41) is 0. The van der Waals surface area contributed by atoms with E-state index in [0.717, 1.165) is 61.2 Å². The molecule has 3 aliphatic heterocycles. The van der Waals surface area contributed by atoms with E-state index in [1.807, 2.05) is 18.2 Å². The number of carbonyl (C=O) groups excluding carboxylic acids is 1. The molecule has 2 bridgehead atoms. The lowest BCUT2D eigenvalue weighted by molar-refractivity contribution is -0.189. The Hall–Kier alpha value is -2.79.